The van der Waals surface area contributed by atoms with Gasteiger partial charge in [-0.25, -0.2) is 0 Å². The maximum absolute atomic E-state index is 12.5. The molecule has 0 aliphatic heterocycles. The topological polar surface area (TPSA) is 84.0 Å². The van der Waals surface area contributed by atoms with Crippen molar-refractivity contribution in [3.05, 3.63) is 29.8 Å². The molecule has 6 nitrogen and oxygen atoms in total. The summed E-state index contributed by atoms with van der Waals surface area (Å²) in [6.07, 6.45) is 0. The Balaban J connectivity index is 2.08. The Hall–Kier alpha value is -2.28. The molecule has 2 aromatic rings. The second-order valence-corrected chi connectivity index (χ2v) is 7.63. The smallest absolute Gasteiger partial charge is 0.249 e. The predicted octanol–water partition coefficient (Wildman–Crippen LogP) is 3.25. The van der Waals surface area contributed by atoms with E-state index in [0.717, 1.165) is 10.6 Å². The average molecular weight is 360 g/mol. The third-order valence-electron chi connectivity index (χ3n) is 3.72. The van der Waals surface area contributed by atoms with Crippen LogP contribution in [0.15, 0.2) is 24.3 Å². The van der Waals surface area contributed by atoms with Gasteiger partial charge in [0.05, 0.1) is 0 Å². The van der Waals surface area contributed by atoms with E-state index in [4.69, 9.17) is 0 Å². The molecule has 0 unspecified atom stereocenters. The van der Waals surface area contributed by atoms with Crippen LogP contribution in [0.4, 0.5) is 5.13 Å². The molecule has 0 fully saturated rings. The standard InChI is InChI=1S/C18H24N4O2S/c1-10(2)14(19-15(23)11(3)4)16(24)20-18-22-21-17(25-18)13-8-6-12(5)7-9-13/h6-11,14H,1-5H3,(H,19,23)(H,20,22,24)/t14-/m1/s1. The minimum atomic E-state index is -0.610. The number of amides is 2. The lowest BCUT2D eigenvalue weighted by Gasteiger charge is -2.21. The van der Waals surface area contributed by atoms with Gasteiger partial charge < -0.3 is 5.32 Å². The molecule has 2 N–H and O–H groups in total. The molecule has 0 saturated carbocycles. The second-order valence-electron chi connectivity index (χ2n) is 6.65. The first kappa shape index (κ1) is 19.1. The summed E-state index contributed by atoms with van der Waals surface area (Å²) >= 11 is 1.31. The van der Waals surface area contributed by atoms with E-state index in [-0.39, 0.29) is 23.7 Å². The fourth-order valence-electron chi connectivity index (χ4n) is 2.12. The van der Waals surface area contributed by atoms with Gasteiger partial charge in [-0.15, -0.1) is 10.2 Å². The van der Waals surface area contributed by atoms with Crippen molar-refractivity contribution in [2.75, 3.05) is 5.32 Å². The first-order valence-electron chi connectivity index (χ1n) is 8.29. The van der Waals surface area contributed by atoms with Gasteiger partial charge in [0.2, 0.25) is 16.9 Å². The average Bonchev–Trinajstić information content (AvgIpc) is 3.00. The molecule has 0 radical (unpaired) electrons. The Labute approximate surface area is 152 Å². The van der Waals surface area contributed by atoms with Crippen molar-refractivity contribution in [1.29, 1.82) is 0 Å². The molecule has 2 rings (SSSR count). The van der Waals surface area contributed by atoms with Gasteiger partial charge in [-0.2, -0.15) is 0 Å². The van der Waals surface area contributed by atoms with E-state index in [1.807, 2.05) is 45.0 Å². The summed E-state index contributed by atoms with van der Waals surface area (Å²) in [5.41, 5.74) is 2.12. The fraction of sp³-hybridized carbons (Fsp3) is 0.444. The highest BCUT2D eigenvalue weighted by atomic mass is 32.1. The summed E-state index contributed by atoms with van der Waals surface area (Å²) in [5.74, 6) is -0.641. The van der Waals surface area contributed by atoms with Crippen LogP contribution in [0.1, 0.15) is 33.3 Å². The zero-order chi connectivity index (χ0) is 18.6. The lowest BCUT2D eigenvalue weighted by atomic mass is 10.0. The number of aromatic nitrogens is 2. The van der Waals surface area contributed by atoms with Crippen LogP contribution in [0.5, 0.6) is 0 Å². The third-order valence-corrected chi connectivity index (χ3v) is 4.61. The molecule has 0 aliphatic carbocycles. The highest BCUT2D eigenvalue weighted by Gasteiger charge is 2.26. The van der Waals surface area contributed by atoms with Crippen molar-refractivity contribution in [1.82, 2.24) is 15.5 Å². The third kappa shape index (κ3) is 5.09. The molecule has 7 heteroatoms. The number of benzene rings is 1. The molecule has 134 valence electrons. The van der Waals surface area contributed by atoms with E-state index in [1.54, 1.807) is 13.8 Å². The van der Waals surface area contributed by atoms with Crippen molar-refractivity contribution in [2.45, 2.75) is 40.7 Å². The van der Waals surface area contributed by atoms with Crippen LogP contribution in [-0.2, 0) is 9.59 Å². The van der Waals surface area contributed by atoms with Gasteiger partial charge in [-0.3, -0.25) is 14.9 Å². The molecule has 0 aliphatic rings. The Morgan fingerprint density at radius 1 is 1.00 bits per heavy atom. The molecule has 0 spiro atoms. The van der Waals surface area contributed by atoms with E-state index in [2.05, 4.69) is 20.8 Å². The molecule has 1 atom stereocenters. The largest absolute Gasteiger partial charge is 0.344 e. The second kappa shape index (κ2) is 8.20. The van der Waals surface area contributed by atoms with Crippen LogP contribution in [0, 0.1) is 18.8 Å². The summed E-state index contributed by atoms with van der Waals surface area (Å²) in [5, 5.41) is 14.9. The number of anilines is 1. The van der Waals surface area contributed by atoms with Crippen LogP contribution >= 0.6 is 11.3 Å². The minimum absolute atomic E-state index is 0.0350. The predicted molar refractivity (Wildman–Crippen MR) is 100 cm³/mol. The van der Waals surface area contributed by atoms with Crippen molar-refractivity contribution >= 4 is 28.3 Å². The van der Waals surface area contributed by atoms with E-state index < -0.39 is 6.04 Å². The van der Waals surface area contributed by atoms with Gasteiger partial charge in [-0.1, -0.05) is 68.9 Å². The first-order chi connectivity index (χ1) is 11.8. The maximum Gasteiger partial charge on any atom is 0.249 e. The summed E-state index contributed by atoms with van der Waals surface area (Å²) < 4.78 is 0. The molecule has 1 aromatic heterocycles. The highest BCUT2D eigenvalue weighted by molar-refractivity contribution is 7.18. The highest BCUT2D eigenvalue weighted by Crippen LogP contribution is 2.26. The number of hydrogen-bond donors (Lipinski definition) is 2. The molecule has 1 heterocycles. The number of hydrogen-bond acceptors (Lipinski definition) is 5. The Morgan fingerprint density at radius 2 is 1.64 bits per heavy atom. The number of nitrogens with one attached hydrogen (secondary N) is 2. The fourth-order valence-corrected chi connectivity index (χ4v) is 2.88. The van der Waals surface area contributed by atoms with Crippen molar-refractivity contribution in [3.8, 4) is 10.6 Å². The van der Waals surface area contributed by atoms with Crippen LogP contribution in [0.25, 0.3) is 10.6 Å². The van der Waals surface area contributed by atoms with Crippen LogP contribution in [-0.4, -0.2) is 28.1 Å². The van der Waals surface area contributed by atoms with Gasteiger partial charge in [0, 0.05) is 11.5 Å². The first-order valence-corrected chi connectivity index (χ1v) is 9.11. The van der Waals surface area contributed by atoms with Gasteiger partial charge in [-0.05, 0) is 12.8 Å². The number of carbonyl (C=O) groups is 2. The maximum atomic E-state index is 12.5. The van der Waals surface area contributed by atoms with Crippen LogP contribution < -0.4 is 10.6 Å². The Bertz CT molecular complexity index is 738. The van der Waals surface area contributed by atoms with E-state index in [0.29, 0.717) is 5.13 Å². The van der Waals surface area contributed by atoms with Gasteiger partial charge >= 0.3 is 0 Å². The van der Waals surface area contributed by atoms with E-state index in [9.17, 15) is 9.59 Å². The summed E-state index contributed by atoms with van der Waals surface area (Å²) in [4.78, 5) is 24.4. The van der Waals surface area contributed by atoms with Gasteiger partial charge in [0.25, 0.3) is 0 Å². The molecule has 25 heavy (non-hydrogen) atoms. The molecule has 2 amide bonds. The monoisotopic (exact) mass is 360 g/mol. The van der Waals surface area contributed by atoms with E-state index in [1.165, 1.54) is 16.9 Å². The minimum Gasteiger partial charge on any atom is -0.344 e. The van der Waals surface area contributed by atoms with Gasteiger partial charge in [0.15, 0.2) is 0 Å². The number of aryl methyl sites for hydroxylation is 1. The lowest BCUT2D eigenvalue weighted by molar-refractivity contribution is -0.129. The summed E-state index contributed by atoms with van der Waals surface area (Å²) in [7, 11) is 0. The normalized spacial score (nSPS) is 12.3. The Morgan fingerprint density at radius 3 is 2.20 bits per heavy atom. The van der Waals surface area contributed by atoms with E-state index >= 15 is 0 Å². The van der Waals surface area contributed by atoms with Crippen LogP contribution in [0.2, 0.25) is 0 Å². The summed E-state index contributed by atoms with van der Waals surface area (Å²) in [6.45, 7) is 9.39. The SMILES string of the molecule is Cc1ccc(-c2nnc(NC(=O)[C@H](NC(=O)C(C)C)C(C)C)s2)cc1. The van der Waals surface area contributed by atoms with Crippen molar-refractivity contribution in [3.63, 3.8) is 0 Å². The molecule has 1 aromatic carbocycles. The van der Waals surface area contributed by atoms with Crippen molar-refractivity contribution < 1.29 is 9.59 Å². The van der Waals surface area contributed by atoms with Crippen LogP contribution in [0.3, 0.4) is 0 Å². The quantitative estimate of drug-likeness (QED) is 0.828. The molecular formula is C18H24N4O2S. The van der Waals surface area contributed by atoms with Gasteiger partial charge in [0.1, 0.15) is 11.0 Å². The number of carbonyl (C=O) groups excluding carboxylic acids is 2. The molecular weight excluding hydrogens is 336 g/mol. The zero-order valence-electron chi connectivity index (χ0n) is 15.2. The molecule has 0 bridgehead atoms. The Kier molecular flexibility index (Phi) is 6.25. The number of nitrogens with zero attached hydrogens (tertiary/aromatic N) is 2. The summed E-state index contributed by atoms with van der Waals surface area (Å²) in [6, 6.07) is 7.35. The lowest BCUT2D eigenvalue weighted by Crippen LogP contribution is -2.48. The zero-order valence-corrected chi connectivity index (χ0v) is 16.0. The van der Waals surface area contributed by atoms with Crippen molar-refractivity contribution in [2.24, 2.45) is 11.8 Å². The number of rotatable bonds is 6. The molecule has 0 saturated heterocycles.